The first-order valence-corrected chi connectivity index (χ1v) is 5.06. The van der Waals surface area contributed by atoms with E-state index in [0.717, 1.165) is 12.1 Å². The minimum atomic E-state index is -0.725. The van der Waals surface area contributed by atoms with E-state index in [4.69, 9.17) is 5.73 Å². The number of fused-ring (bicyclic) bond motifs is 1. The summed E-state index contributed by atoms with van der Waals surface area (Å²) >= 11 is 0. The second kappa shape index (κ2) is 3.73. The number of anilines is 1. The Balaban J connectivity index is 2.29. The van der Waals surface area contributed by atoms with Gasteiger partial charge in [0.1, 0.15) is 23.6 Å². The molecule has 0 unspecified atom stereocenters. The molecule has 0 aliphatic heterocycles. The van der Waals surface area contributed by atoms with E-state index in [-0.39, 0.29) is 11.5 Å². The maximum atomic E-state index is 13.7. The lowest BCUT2D eigenvalue weighted by Gasteiger charge is -2.04. The lowest BCUT2D eigenvalue weighted by atomic mass is 10.3. The molecule has 0 radical (unpaired) electrons. The summed E-state index contributed by atoms with van der Waals surface area (Å²) in [5.41, 5.74) is 6.12. The van der Waals surface area contributed by atoms with E-state index in [1.165, 1.54) is 23.3 Å². The topological polar surface area (TPSA) is 69.6 Å². The van der Waals surface area contributed by atoms with Crippen LogP contribution in [0.5, 0.6) is 0 Å². The van der Waals surface area contributed by atoms with Gasteiger partial charge in [0.25, 0.3) is 0 Å². The van der Waals surface area contributed by atoms with Crippen LogP contribution in [0.2, 0.25) is 0 Å². The van der Waals surface area contributed by atoms with Gasteiger partial charge in [0, 0.05) is 6.07 Å². The summed E-state index contributed by atoms with van der Waals surface area (Å²) < 4.78 is 27.8. The second-order valence-corrected chi connectivity index (χ2v) is 3.65. The van der Waals surface area contributed by atoms with Crippen molar-refractivity contribution in [1.29, 1.82) is 0 Å². The Labute approximate surface area is 99.9 Å². The number of rotatable bonds is 1. The van der Waals surface area contributed by atoms with Crippen molar-refractivity contribution in [3.05, 3.63) is 42.4 Å². The Morgan fingerprint density at radius 3 is 2.78 bits per heavy atom. The predicted octanol–water partition coefficient (Wildman–Crippen LogP) is 1.68. The van der Waals surface area contributed by atoms with Gasteiger partial charge >= 0.3 is 0 Å². The standard InChI is InChI=1S/C11H7F2N5/c12-6-1-2-9(8(13)3-6)18-11-7(4-17-18)10(14)15-5-16-11/h1-5H,(H2,14,15,16). The summed E-state index contributed by atoms with van der Waals surface area (Å²) in [5, 5.41) is 4.50. The van der Waals surface area contributed by atoms with E-state index in [2.05, 4.69) is 15.1 Å². The van der Waals surface area contributed by atoms with Crippen LogP contribution in [0.25, 0.3) is 16.7 Å². The molecule has 0 aliphatic rings. The molecule has 1 aromatic carbocycles. The van der Waals surface area contributed by atoms with Gasteiger partial charge in [-0.2, -0.15) is 5.10 Å². The van der Waals surface area contributed by atoms with Crippen molar-refractivity contribution >= 4 is 16.9 Å². The summed E-state index contributed by atoms with van der Waals surface area (Å²) in [6.45, 7) is 0. The van der Waals surface area contributed by atoms with Gasteiger partial charge in [0.15, 0.2) is 11.5 Å². The lowest BCUT2D eigenvalue weighted by molar-refractivity contribution is 0.574. The summed E-state index contributed by atoms with van der Waals surface area (Å²) in [4.78, 5) is 7.80. The van der Waals surface area contributed by atoms with Gasteiger partial charge in [0.2, 0.25) is 0 Å². The average molecular weight is 247 g/mol. The van der Waals surface area contributed by atoms with Crippen LogP contribution >= 0.6 is 0 Å². The van der Waals surface area contributed by atoms with E-state index in [0.29, 0.717) is 11.0 Å². The second-order valence-electron chi connectivity index (χ2n) is 3.65. The smallest absolute Gasteiger partial charge is 0.168 e. The van der Waals surface area contributed by atoms with Gasteiger partial charge in [0.05, 0.1) is 11.6 Å². The quantitative estimate of drug-likeness (QED) is 0.710. The lowest BCUT2D eigenvalue weighted by Crippen LogP contribution is -2.02. The summed E-state index contributed by atoms with van der Waals surface area (Å²) in [5.74, 6) is -1.12. The Morgan fingerprint density at radius 2 is 2.00 bits per heavy atom. The number of aromatic nitrogens is 4. The molecule has 0 bridgehead atoms. The van der Waals surface area contributed by atoms with Gasteiger partial charge in [-0.1, -0.05) is 0 Å². The van der Waals surface area contributed by atoms with Gasteiger partial charge in [-0.15, -0.1) is 0 Å². The summed E-state index contributed by atoms with van der Waals surface area (Å²) in [6, 6.07) is 3.22. The van der Waals surface area contributed by atoms with E-state index < -0.39 is 11.6 Å². The van der Waals surface area contributed by atoms with E-state index in [1.54, 1.807) is 0 Å². The van der Waals surface area contributed by atoms with Crippen molar-refractivity contribution in [1.82, 2.24) is 19.7 Å². The van der Waals surface area contributed by atoms with Crippen molar-refractivity contribution in [2.75, 3.05) is 5.73 Å². The van der Waals surface area contributed by atoms with Crippen LogP contribution in [0.1, 0.15) is 0 Å². The molecule has 0 aliphatic carbocycles. The predicted molar refractivity (Wildman–Crippen MR) is 61.0 cm³/mol. The monoisotopic (exact) mass is 247 g/mol. The van der Waals surface area contributed by atoms with Gasteiger partial charge in [-0.05, 0) is 12.1 Å². The van der Waals surface area contributed by atoms with Crippen molar-refractivity contribution < 1.29 is 8.78 Å². The van der Waals surface area contributed by atoms with Crippen molar-refractivity contribution in [3.8, 4) is 5.69 Å². The van der Waals surface area contributed by atoms with Crippen LogP contribution < -0.4 is 5.73 Å². The largest absolute Gasteiger partial charge is 0.383 e. The third kappa shape index (κ3) is 1.48. The highest BCUT2D eigenvalue weighted by Crippen LogP contribution is 2.21. The molecule has 0 fully saturated rings. The zero-order valence-corrected chi connectivity index (χ0v) is 9.01. The molecule has 2 aromatic heterocycles. The molecule has 2 heterocycles. The zero-order chi connectivity index (χ0) is 12.7. The zero-order valence-electron chi connectivity index (χ0n) is 9.01. The molecule has 18 heavy (non-hydrogen) atoms. The molecule has 90 valence electrons. The SMILES string of the molecule is Nc1ncnc2c1cnn2-c1ccc(F)cc1F. The molecule has 3 aromatic rings. The number of nitrogens with zero attached hydrogens (tertiary/aromatic N) is 4. The molecule has 0 saturated carbocycles. The molecule has 2 N–H and O–H groups in total. The van der Waals surface area contributed by atoms with Crippen LogP contribution in [-0.2, 0) is 0 Å². The van der Waals surface area contributed by atoms with Crippen LogP contribution in [0.3, 0.4) is 0 Å². The number of nitrogen functional groups attached to an aromatic ring is 1. The van der Waals surface area contributed by atoms with Crippen molar-refractivity contribution in [2.45, 2.75) is 0 Å². The molecule has 7 heteroatoms. The highest BCUT2D eigenvalue weighted by Gasteiger charge is 2.12. The molecule has 0 atom stereocenters. The van der Waals surface area contributed by atoms with Crippen LogP contribution in [-0.4, -0.2) is 19.7 Å². The normalized spacial score (nSPS) is 11.0. The van der Waals surface area contributed by atoms with Gasteiger partial charge in [-0.25, -0.2) is 23.4 Å². The van der Waals surface area contributed by atoms with Crippen LogP contribution in [0.15, 0.2) is 30.7 Å². The van der Waals surface area contributed by atoms with Crippen LogP contribution in [0, 0.1) is 11.6 Å². The number of halogens is 2. The molecule has 0 spiro atoms. The average Bonchev–Trinajstić information content (AvgIpc) is 2.74. The fourth-order valence-corrected chi connectivity index (χ4v) is 1.69. The fourth-order valence-electron chi connectivity index (χ4n) is 1.69. The number of hydrogen-bond acceptors (Lipinski definition) is 4. The summed E-state index contributed by atoms with van der Waals surface area (Å²) in [6.07, 6.45) is 2.70. The van der Waals surface area contributed by atoms with Gasteiger partial charge < -0.3 is 5.73 Å². The Kier molecular flexibility index (Phi) is 2.19. The highest BCUT2D eigenvalue weighted by molar-refractivity contribution is 5.85. The van der Waals surface area contributed by atoms with Gasteiger partial charge in [-0.3, -0.25) is 0 Å². The van der Waals surface area contributed by atoms with E-state index >= 15 is 0 Å². The number of benzene rings is 1. The third-order valence-electron chi connectivity index (χ3n) is 2.53. The molecule has 0 amide bonds. The first-order chi connectivity index (χ1) is 8.66. The molecular weight excluding hydrogens is 240 g/mol. The number of hydrogen-bond donors (Lipinski definition) is 1. The molecule has 0 saturated heterocycles. The minimum Gasteiger partial charge on any atom is -0.383 e. The Hall–Kier alpha value is -2.57. The highest BCUT2D eigenvalue weighted by atomic mass is 19.1. The minimum absolute atomic E-state index is 0.101. The van der Waals surface area contributed by atoms with Crippen molar-refractivity contribution in [3.63, 3.8) is 0 Å². The maximum Gasteiger partial charge on any atom is 0.168 e. The van der Waals surface area contributed by atoms with E-state index in [1.807, 2.05) is 0 Å². The Bertz CT molecular complexity index is 737. The molecular formula is C11H7F2N5. The first-order valence-electron chi connectivity index (χ1n) is 5.06. The number of nitrogens with two attached hydrogens (primary N) is 1. The summed E-state index contributed by atoms with van der Waals surface area (Å²) in [7, 11) is 0. The van der Waals surface area contributed by atoms with E-state index in [9.17, 15) is 8.78 Å². The molecule has 3 rings (SSSR count). The van der Waals surface area contributed by atoms with Crippen molar-refractivity contribution in [2.24, 2.45) is 0 Å². The maximum absolute atomic E-state index is 13.7. The first kappa shape index (κ1) is 10.6. The molecule has 5 nitrogen and oxygen atoms in total. The third-order valence-corrected chi connectivity index (χ3v) is 2.53. The van der Waals surface area contributed by atoms with Crippen LogP contribution in [0.4, 0.5) is 14.6 Å². The Morgan fingerprint density at radius 1 is 1.17 bits per heavy atom. The fraction of sp³-hybridized carbons (Fsp3) is 0.